The van der Waals surface area contributed by atoms with Gasteiger partial charge in [-0.2, -0.15) is 0 Å². The van der Waals surface area contributed by atoms with Gasteiger partial charge in [0.15, 0.2) is 0 Å². The molecule has 2 saturated heterocycles. The van der Waals surface area contributed by atoms with Gasteiger partial charge in [-0.15, -0.1) is 0 Å². The lowest BCUT2D eigenvalue weighted by molar-refractivity contribution is -0.142. The van der Waals surface area contributed by atoms with E-state index in [9.17, 15) is 9.59 Å². The van der Waals surface area contributed by atoms with Gasteiger partial charge in [-0.3, -0.25) is 14.6 Å². The molecule has 6 heteroatoms. The molecule has 0 N–H and O–H groups in total. The molecule has 1 aromatic heterocycles. The maximum atomic E-state index is 12.6. The summed E-state index contributed by atoms with van der Waals surface area (Å²) in [6, 6.07) is 5.65. The summed E-state index contributed by atoms with van der Waals surface area (Å²) >= 11 is 0. The molecule has 0 aromatic carbocycles. The normalized spacial score (nSPS) is 25.6. The van der Waals surface area contributed by atoms with E-state index in [1.54, 1.807) is 11.1 Å². The van der Waals surface area contributed by atoms with Gasteiger partial charge >= 0.3 is 0 Å². The lowest BCUT2D eigenvalue weighted by Gasteiger charge is -2.32. The SMILES string of the molecule is C[C@@H]1CN(C(=O)[C@@H]2CC(=O)N(Cc3ccccn3)C2)CCO1. The second kappa shape index (κ2) is 6.44. The molecule has 3 heterocycles. The van der Waals surface area contributed by atoms with Crippen LogP contribution in [0, 0.1) is 5.92 Å². The van der Waals surface area contributed by atoms with Gasteiger partial charge in [0.25, 0.3) is 0 Å². The predicted molar refractivity (Wildman–Crippen MR) is 79.8 cm³/mol. The average molecular weight is 303 g/mol. The number of ether oxygens (including phenoxy) is 1. The highest BCUT2D eigenvalue weighted by Crippen LogP contribution is 2.22. The molecule has 118 valence electrons. The first kappa shape index (κ1) is 15.0. The fourth-order valence-corrected chi connectivity index (χ4v) is 3.05. The smallest absolute Gasteiger partial charge is 0.228 e. The summed E-state index contributed by atoms with van der Waals surface area (Å²) < 4.78 is 5.46. The number of rotatable bonds is 3. The topological polar surface area (TPSA) is 62.7 Å². The zero-order chi connectivity index (χ0) is 15.5. The van der Waals surface area contributed by atoms with E-state index in [0.29, 0.717) is 39.2 Å². The maximum absolute atomic E-state index is 12.6. The molecule has 2 aliphatic rings. The van der Waals surface area contributed by atoms with Crippen molar-refractivity contribution in [3.8, 4) is 0 Å². The number of amides is 2. The number of hydrogen-bond donors (Lipinski definition) is 0. The Morgan fingerprint density at radius 1 is 1.41 bits per heavy atom. The Balaban J connectivity index is 1.60. The Morgan fingerprint density at radius 2 is 2.27 bits per heavy atom. The monoisotopic (exact) mass is 303 g/mol. The summed E-state index contributed by atoms with van der Waals surface area (Å²) in [6.07, 6.45) is 2.09. The van der Waals surface area contributed by atoms with Crippen molar-refractivity contribution in [3.63, 3.8) is 0 Å². The predicted octanol–water partition coefficient (Wildman–Crippen LogP) is 0.677. The molecule has 2 atom stereocenters. The van der Waals surface area contributed by atoms with Crippen molar-refractivity contribution in [2.24, 2.45) is 5.92 Å². The third-order valence-corrected chi connectivity index (χ3v) is 4.20. The van der Waals surface area contributed by atoms with Crippen LogP contribution in [0.3, 0.4) is 0 Å². The van der Waals surface area contributed by atoms with Crippen LogP contribution in [0.5, 0.6) is 0 Å². The number of aromatic nitrogens is 1. The van der Waals surface area contributed by atoms with Crippen molar-refractivity contribution in [1.82, 2.24) is 14.8 Å². The molecule has 0 bridgehead atoms. The highest BCUT2D eigenvalue weighted by atomic mass is 16.5. The Morgan fingerprint density at radius 3 is 3.00 bits per heavy atom. The van der Waals surface area contributed by atoms with Gasteiger partial charge < -0.3 is 14.5 Å². The number of morpholine rings is 1. The molecule has 0 saturated carbocycles. The maximum Gasteiger partial charge on any atom is 0.228 e. The van der Waals surface area contributed by atoms with Crippen molar-refractivity contribution >= 4 is 11.8 Å². The minimum atomic E-state index is -0.235. The average Bonchev–Trinajstić information content (AvgIpc) is 2.88. The molecule has 22 heavy (non-hydrogen) atoms. The summed E-state index contributed by atoms with van der Waals surface area (Å²) in [5.74, 6) is -0.126. The summed E-state index contributed by atoms with van der Waals surface area (Å²) in [5, 5.41) is 0. The summed E-state index contributed by atoms with van der Waals surface area (Å²) in [4.78, 5) is 32.5. The van der Waals surface area contributed by atoms with Crippen LogP contribution in [0.1, 0.15) is 19.0 Å². The first-order valence-electron chi connectivity index (χ1n) is 7.71. The van der Waals surface area contributed by atoms with Crippen molar-refractivity contribution in [3.05, 3.63) is 30.1 Å². The van der Waals surface area contributed by atoms with E-state index < -0.39 is 0 Å². The quantitative estimate of drug-likeness (QED) is 0.824. The Kier molecular flexibility index (Phi) is 4.38. The van der Waals surface area contributed by atoms with E-state index in [1.165, 1.54) is 0 Å². The third-order valence-electron chi connectivity index (χ3n) is 4.20. The van der Waals surface area contributed by atoms with E-state index in [0.717, 1.165) is 5.69 Å². The highest BCUT2D eigenvalue weighted by Gasteiger charge is 2.37. The number of likely N-dealkylation sites (tertiary alicyclic amines) is 1. The van der Waals surface area contributed by atoms with E-state index in [4.69, 9.17) is 4.74 Å². The number of nitrogens with zero attached hydrogens (tertiary/aromatic N) is 3. The summed E-state index contributed by atoms with van der Waals surface area (Å²) in [6.45, 7) is 4.73. The standard InChI is InChI=1S/C16H21N3O3/c1-12-9-18(6-7-22-12)16(21)13-8-15(20)19(10-13)11-14-4-2-3-5-17-14/h2-5,12-13H,6-11H2,1H3/t12-,13-/m1/s1. The van der Waals surface area contributed by atoms with Crippen molar-refractivity contribution < 1.29 is 14.3 Å². The fourth-order valence-electron chi connectivity index (χ4n) is 3.05. The minimum Gasteiger partial charge on any atom is -0.375 e. The highest BCUT2D eigenvalue weighted by molar-refractivity contribution is 5.89. The second-order valence-electron chi connectivity index (χ2n) is 5.96. The van der Waals surface area contributed by atoms with Gasteiger partial charge in [0.1, 0.15) is 0 Å². The number of carbonyl (C=O) groups excluding carboxylic acids is 2. The van der Waals surface area contributed by atoms with E-state index >= 15 is 0 Å². The zero-order valence-electron chi connectivity index (χ0n) is 12.8. The molecule has 0 spiro atoms. The molecule has 6 nitrogen and oxygen atoms in total. The van der Waals surface area contributed by atoms with Gasteiger partial charge in [0.05, 0.1) is 30.9 Å². The largest absolute Gasteiger partial charge is 0.375 e. The molecule has 0 aliphatic carbocycles. The molecule has 0 radical (unpaired) electrons. The molecule has 1 aromatic rings. The van der Waals surface area contributed by atoms with E-state index in [2.05, 4.69) is 4.98 Å². The summed E-state index contributed by atoms with van der Waals surface area (Å²) in [5.41, 5.74) is 0.851. The van der Waals surface area contributed by atoms with Crippen LogP contribution in [0.25, 0.3) is 0 Å². The third kappa shape index (κ3) is 3.27. The van der Waals surface area contributed by atoms with Crippen LogP contribution < -0.4 is 0 Å². The van der Waals surface area contributed by atoms with E-state index in [1.807, 2.05) is 30.0 Å². The Bertz CT molecular complexity index is 549. The molecule has 2 aliphatic heterocycles. The van der Waals surface area contributed by atoms with Gasteiger partial charge in [0, 0.05) is 32.3 Å². The second-order valence-corrected chi connectivity index (χ2v) is 5.96. The molecule has 2 fully saturated rings. The van der Waals surface area contributed by atoms with Crippen LogP contribution in [-0.4, -0.2) is 58.9 Å². The molecular weight excluding hydrogens is 282 g/mol. The van der Waals surface area contributed by atoms with Crippen molar-refractivity contribution in [2.75, 3.05) is 26.2 Å². The van der Waals surface area contributed by atoms with Gasteiger partial charge in [0.2, 0.25) is 11.8 Å². The first-order valence-corrected chi connectivity index (χ1v) is 7.71. The minimum absolute atomic E-state index is 0.0327. The summed E-state index contributed by atoms with van der Waals surface area (Å²) in [7, 11) is 0. The molecule has 3 rings (SSSR count). The number of pyridine rings is 1. The van der Waals surface area contributed by atoms with E-state index in [-0.39, 0.29) is 23.8 Å². The number of carbonyl (C=O) groups is 2. The van der Waals surface area contributed by atoms with Crippen molar-refractivity contribution in [1.29, 1.82) is 0 Å². The van der Waals surface area contributed by atoms with Crippen LogP contribution >= 0.6 is 0 Å². The van der Waals surface area contributed by atoms with Crippen LogP contribution in [0.15, 0.2) is 24.4 Å². The molecular formula is C16H21N3O3. The fraction of sp³-hybridized carbons (Fsp3) is 0.562. The van der Waals surface area contributed by atoms with Crippen molar-refractivity contribution in [2.45, 2.75) is 26.0 Å². The van der Waals surface area contributed by atoms with Gasteiger partial charge in [-0.25, -0.2) is 0 Å². The lowest BCUT2D eigenvalue weighted by atomic mass is 10.1. The van der Waals surface area contributed by atoms with Gasteiger partial charge in [-0.05, 0) is 19.1 Å². The number of hydrogen-bond acceptors (Lipinski definition) is 4. The van der Waals surface area contributed by atoms with Crippen LogP contribution in [-0.2, 0) is 20.9 Å². The Labute approximate surface area is 130 Å². The van der Waals surface area contributed by atoms with Gasteiger partial charge in [-0.1, -0.05) is 6.07 Å². The van der Waals surface area contributed by atoms with Crippen LogP contribution in [0.2, 0.25) is 0 Å². The zero-order valence-corrected chi connectivity index (χ0v) is 12.8. The lowest BCUT2D eigenvalue weighted by Crippen LogP contribution is -2.47. The molecule has 0 unspecified atom stereocenters. The Hall–Kier alpha value is -1.95. The van der Waals surface area contributed by atoms with Crippen LogP contribution in [0.4, 0.5) is 0 Å². The molecule has 2 amide bonds. The first-order chi connectivity index (χ1) is 10.6.